The van der Waals surface area contributed by atoms with Gasteiger partial charge in [0.15, 0.2) is 0 Å². The zero-order chi connectivity index (χ0) is 15.6. The number of carboxylic acid groups (broad SMARTS) is 1. The number of benzene rings is 1. The lowest BCUT2D eigenvalue weighted by molar-refractivity contribution is -0.148. The molecule has 114 valence electrons. The summed E-state index contributed by atoms with van der Waals surface area (Å²) >= 11 is 0. The number of carbonyl (C=O) groups excluding carboxylic acids is 1. The molecule has 0 aromatic heterocycles. The number of carboxylic acids is 1. The van der Waals surface area contributed by atoms with Gasteiger partial charge in [-0.2, -0.15) is 0 Å². The fourth-order valence-corrected chi connectivity index (χ4v) is 2.15. The summed E-state index contributed by atoms with van der Waals surface area (Å²) < 4.78 is 44.9. The van der Waals surface area contributed by atoms with Crippen molar-refractivity contribution >= 4 is 11.9 Å². The van der Waals surface area contributed by atoms with Crippen LogP contribution in [0, 0.1) is 17.5 Å². The maximum absolute atomic E-state index is 13.5. The van der Waals surface area contributed by atoms with Crippen molar-refractivity contribution in [2.24, 2.45) is 0 Å². The fourth-order valence-electron chi connectivity index (χ4n) is 2.15. The Kier molecular flexibility index (Phi) is 4.17. The van der Waals surface area contributed by atoms with Crippen molar-refractivity contribution in [2.45, 2.75) is 18.4 Å². The molecule has 0 saturated carbocycles. The molecule has 0 aliphatic carbocycles. The van der Waals surface area contributed by atoms with Gasteiger partial charge >= 0.3 is 5.97 Å². The molecule has 0 radical (unpaired) electrons. The third-order valence-electron chi connectivity index (χ3n) is 3.34. The highest BCUT2D eigenvalue weighted by Gasteiger charge is 2.42. The van der Waals surface area contributed by atoms with Crippen LogP contribution in [0.1, 0.15) is 23.2 Å². The molecule has 1 aromatic rings. The highest BCUT2D eigenvalue weighted by atomic mass is 19.1. The third kappa shape index (κ3) is 2.99. The fraction of sp³-hybridized carbons (Fsp3) is 0.385. The molecule has 8 heteroatoms. The van der Waals surface area contributed by atoms with Crippen LogP contribution in [-0.2, 0) is 9.53 Å². The van der Waals surface area contributed by atoms with E-state index in [1.807, 2.05) is 0 Å². The average Bonchev–Trinajstić information content (AvgIpc) is 2.38. The summed E-state index contributed by atoms with van der Waals surface area (Å²) in [5.41, 5.74) is -2.66. The zero-order valence-electron chi connectivity index (χ0n) is 10.8. The number of aliphatic carboxylic acids is 1. The molecule has 0 unspecified atom stereocenters. The number of carbonyl (C=O) groups is 2. The van der Waals surface area contributed by atoms with E-state index in [4.69, 9.17) is 4.74 Å². The van der Waals surface area contributed by atoms with Crippen LogP contribution in [0.4, 0.5) is 13.2 Å². The number of nitrogens with one attached hydrogen (secondary N) is 1. The highest BCUT2D eigenvalue weighted by Crippen LogP contribution is 2.23. The Balaban J connectivity index is 2.30. The Labute approximate surface area is 117 Å². The van der Waals surface area contributed by atoms with E-state index in [1.165, 1.54) is 0 Å². The summed E-state index contributed by atoms with van der Waals surface area (Å²) in [6.07, 6.45) is -0.0585. The largest absolute Gasteiger partial charge is 0.480 e. The molecule has 0 bridgehead atoms. The van der Waals surface area contributed by atoms with Gasteiger partial charge in [-0.1, -0.05) is 0 Å². The number of rotatable bonds is 3. The lowest BCUT2D eigenvalue weighted by Crippen LogP contribution is -2.57. The predicted molar refractivity (Wildman–Crippen MR) is 64.2 cm³/mol. The van der Waals surface area contributed by atoms with Gasteiger partial charge < -0.3 is 15.2 Å². The summed E-state index contributed by atoms with van der Waals surface area (Å²) in [5.74, 6) is -6.51. The Morgan fingerprint density at radius 3 is 2.14 bits per heavy atom. The average molecular weight is 303 g/mol. The summed E-state index contributed by atoms with van der Waals surface area (Å²) in [6.45, 7) is 0.196. The van der Waals surface area contributed by atoms with Crippen LogP contribution in [0.15, 0.2) is 12.1 Å². The van der Waals surface area contributed by atoms with Gasteiger partial charge in [0.25, 0.3) is 5.91 Å². The minimum atomic E-state index is -1.65. The van der Waals surface area contributed by atoms with Gasteiger partial charge in [-0.25, -0.2) is 18.0 Å². The lowest BCUT2D eigenvalue weighted by Gasteiger charge is -2.33. The molecule has 21 heavy (non-hydrogen) atoms. The smallest absolute Gasteiger partial charge is 0.329 e. The topological polar surface area (TPSA) is 75.6 Å². The molecular weight excluding hydrogens is 291 g/mol. The second kappa shape index (κ2) is 5.72. The van der Waals surface area contributed by atoms with Crippen molar-refractivity contribution in [3.05, 3.63) is 35.1 Å². The molecule has 5 nitrogen and oxygen atoms in total. The first-order chi connectivity index (χ1) is 9.85. The van der Waals surface area contributed by atoms with Crippen LogP contribution in [0.3, 0.4) is 0 Å². The van der Waals surface area contributed by atoms with Crippen molar-refractivity contribution in [1.29, 1.82) is 0 Å². The number of hydrogen-bond donors (Lipinski definition) is 2. The minimum Gasteiger partial charge on any atom is -0.480 e. The van der Waals surface area contributed by atoms with E-state index in [1.54, 1.807) is 0 Å². The van der Waals surface area contributed by atoms with Crippen LogP contribution >= 0.6 is 0 Å². The van der Waals surface area contributed by atoms with Crippen LogP contribution in [0.2, 0.25) is 0 Å². The summed E-state index contributed by atoms with van der Waals surface area (Å²) in [4.78, 5) is 23.3. The van der Waals surface area contributed by atoms with E-state index in [-0.39, 0.29) is 26.1 Å². The van der Waals surface area contributed by atoms with Crippen molar-refractivity contribution in [1.82, 2.24) is 5.32 Å². The van der Waals surface area contributed by atoms with E-state index < -0.39 is 40.4 Å². The van der Waals surface area contributed by atoms with Gasteiger partial charge in [-0.3, -0.25) is 4.79 Å². The molecule has 1 saturated heterocycles. The van der Waals surface area contributed by atoms with E-state index >= 15 is 0 Å². The van der Waals surface area contributed by atoms with E-state index in [0.717, 1.165) is 0 Å². The standard InChI is InChI=1S/C13H12F3NO4/c14-7-5-8(15)10(9(16)6-7)11(18)17-13(12(19)20)1-3-21-4-2-13/h5-6H,1-4H2,(H,17,18)(H,19,20). The first kappa shape index (κ1) is 15.3. The van der Waals surface area contributed by atoms with Crippen LogP contribution < -0.4 is 5.32 Å². The molecule has 1 aliphatic heterocycles. The molecule has 2 rings (SSSR count). The van der Waals surface area contributed by atoms with Crippen molar-refractivity contribution in [2.75, 3.05) is 13.2 Å². The Hall–Kier alpha value is -2.09. The molecule has 1 heterocycles. The van der Waals surface area contributed by atoms with Crippen molar-refractivity contribution in [3.63, 3.8) is 0 Å². The van der Waals surface area contributed by atoms with Crippen molar-refractivity contribution in [3.8, 4) is 0 Å². The maximum atomic E-state index is 13.5. The van der Waals surface area contributed by atoms with Gasteiger partial charge in [0, 0.05) is 38.2 Å². The molecule has 1 fully saturated rings. The lowest BCUT2D eigenvalue weighted by atomic mass is 9.89. The normalized spacial score (nSPS) is 17.3. The molecule has 1 amide bonds. The van der Waals surface area contributed by atoms with Crippen LogP contribution in [0.25, 0.3) is 0 Å². The number of amides is 1. The number of halogens is 3. The molecule has 2 N–H and O–H groups in total. The van der Waals surface area contributed by atoms with Gasteiger partial charge in [0.05, 0.1) is 0 Å². The van der Waals surface area contributed by atoms with Crippen molar-refractivity contribution < 1.29 is 32.6 Å². The zero-order valence-corrected chi connectivity index (χ0v) is 10.8. The second-order valence-corrected chi connectivity index (χ2v) is 4.70. The first-order valence-corrected chi connectivity index (χ1v) is 6.14. The van der Waals surface area contributed by atoms with Gasteiger partial charge in [0.1, 0.15) is 28.6 Å². The molecule has 0 atom stereocenters. The Bertz CT molecular complexity index is 562. The quantitative estimate of drug-likeness (QED) is 0.886. The monoisotopic (exact) mass is 303 g/mol. The maximum Gasteiger partial charge on any atom is 0.329 e. The van der Waals surface area contributed by atoms with Gasteiger partial charge in [0.2, 0.25) is 0 Å². The summed E-state index contributed by atoms with van der Waals surface area (Å²) in [6, 6.07) is 0.713. The van der Waals surface area contributed by atoms with Gasteiger partial charge in [-0.05, 0) is 0 Å². The van der Waals surface area contributed by atoms with Gasteiger partial charge in [-0.15, -0.1) is 0 Å². The number of ether oxygens (including phenoxy) is 1. The highest BCUT2D eigenvalue weighted by molar-refractivity contribution is 5.98. The molecule has 1 aromatic carbocycles. The molecular formula is C13H12F3NO4. The van der Waals surface area contributed by atoms with Crippen LogP contribution in [-0.4, -0.2) is 35.7 Å². The SMILES string of the molecule is O=C(NC1(C(=O)O)CCOCC1)c1c(F)cc(F)cc1F. The first-order valence-electron chi connectivity index (χ1n) is 6.14. The minimum absolute atomic E-state index is 0.0293. The predicted octanol–water partition coefficient (Wildman–Crippen LogP) is 1.47. The summed E-state index contributed by atoms with van der Waals surface area (Å²) in [5, 5.41) is 11.4. The second-order valence-electron chi connectivity index (χ2n) is 4.70. The Morgan fingerprint density at radius 1 is 1.14 bits per heavy atom. The molecule has 0 spiro atoms. The third-order valence-corrected chi connectivity index (χ3v) is 3.34. The summed E-state index contributed by atoms with van der Waals surface area (Å²) in [7, 11) is 0. The van der Waals surface area contributed by atoms with Crippen LogP contribution in [0.5, 0.6) is 0 Å². The number of hydrogen-bond acceptors (Lipinski definition) is 3. The van der Waals surface area contributed by atoms with E-state index in [0.29, 0.717) is 12.1 Å². The van der Waals surface area contributed by atoms with E-state index in [9.17, 15) is 27.9 Å². The Morgan fingerprint density at radius 2 is 1.67 bits per heavy atom. The van der Waals surface area contributed by atoms with E-state index in [2.05, 4.69) is 5.32 Å². The molecule has 1 aliphatic rings.